The van der Waals surface area contributed by atoms with Crippen molar-refractivity contribution in [3.8, 4) is 0 Å². The van der Waals surface area contributed by atoms with Gasteiger partial charge in [-0.25, -0.2) is 10.5 Å². The Balaban J connectivity index is 2.21. The number of amides is 1. The molecule has 2 heterocycles. The second-order valence-electron chi connectivity index (χ2n) is 3.74. The van der Waals surface area contributed by atoms with Crippen LogP contribution in [-0.2, 0) is 9.57 Å². The highest BCUT2D eigenvalue weighted by molar-refractivity contribution is 7.20. The molecule has 0 saturated heterocycles. The molecule has 0 bridgehead atoms. The molecule has 19 heavy (non-hydrogen) atoms. The Morgan fingerprint density at radius 3 is 3.00 bits per heavy atom. The molecule has 0 aliphatic carbocycles. The minimum absolute atomic E-state index is 0.252. The number of aryl methyl sites for hydroxylation is 1. The van der Waals surface area contributed by atoms with Gasteiger partial charge in [0.25, 0.3) is 11.5 Å². The first-order chi connectivity index (χ1) is 9.15. The van der Waals surface area contributed by atoms with Crippen LogP contribution >= 0.6 is 11.3 Å². The third-order valence-electron chi connectivity index (χ3n) is 2.49. The highest BCUT2D eigenvalue weighted by Gasteiger charge is 2.18. The third kappa shape index (κ3) is 2.80. The molecule has 7 nitrogen and oxygen atoms in total. The number of aromatic amines is 1. The topological polar surface area (TPSA) is 93.3 Å². The van der Waals surface area contributed by atoms with Crippen molar-refractivity contribution in [1.29, 1.82) is 0 Å². The highest BCUT2D eigenvalue weighted by Crippen LogP contribution is 2.26. The summed E-state index contributed by atoms with van der Waals surface area (Å²) in [4.78, 5) is 36.0. The fraction of sp³-hybridized carbons (Fsp3) is 0.364. The number of H-pyrrole nitrogens is 1. The maximum atomic E-state index is 11.9. The summed E-state index contributed by atoms with van der Waals surface area (Å²) in [6, 6.07) is 0. The number of ether oxygens (including phenoxy) is 1. The lowest BCUT2D eigenvalue weighted by Crippen LogP contribution is -2.25. The quantitative estimate of drug-likeness (QED) is 0.619. The molecule has 0 aliphatic heterocycles. The van der Waals surface area contributed by atoms with E-state index in [1.54, 1.807) is 14.0 Å². The van der Waals surface area contributed by atoms with Gasteiger partial charge in [-0.1, -0.05) is 0 Å². The number of nitrogens with one attached hydrogen (secondary N) is 2. The normalized spacial score (nSPS) is 10.8. The van der Waals surface area contributed by atoms with Crippen LogP contribution in [0.4, 0.5) is 0 Å². The Morgan fingerprint density at radius 1 is 1.53 bits per heavy atom. The number of fused-ring (bicyclic) bond motifs is 1. The smallest absolute Gasteiger partial charge is 0.285 e. The first-order valence-electron chi connectivity index (χ1n) is 5.53. The summed E-state index contributed by atoms with van der Waals surface area (Å²) in [6.07, 6.45) is 1.32. The molecule has 2 aromatic heterocycles. The lowest BCUT2D eigenvalue weighted by atomic mass is 10.2. The molecule has 0 atom stereocenters. The van der Waals surface area contributed by atoms with Crippen molar-refractivity contribution in [2.45, 2.75) is 6.92 Å². The molecule has 0 aliphatic rings. The average Bonchev–Trinajstić information content (AvgIpc) is 2.73. The number of hydrogen-bond donors (Lipinski definition) is 2. The molecule has 0 radical (unpaired) electrons. The minimum atomic E-state index is -0.393. The number of hydroxylamine groups is 1. The molecule has 102 valence electrons. The zero-order valence-electron chi connectivity index (χ0n) is 10.5. The molecule has 2 aromatic rings. The monoisotopic (exact) mass is 283 g/mol. The summed E-state index contributed by atoms with van der Waals surface area (Å²) < 4.78 is 4.79. The van der Waals surface area contributed by atoms with E-state index in [0.29, 0.717) is 27.3 Å². The molecule has 0 fully saturated rings. The van der Waals surface area contributed by atoms with Crippen molar-refractivity contribution in [3.05, 3.63) is 27.1 Å². The Bertz CT molecular complexity index is 649. The Morgan fingerprint density at radius 2 is 2.32 bits per heavy atom. The van der Waals surface area contributed by atoms with Crippen molar-refractivity contribution >= 4 is 27.5 Å². The van der Waals surface area contributed by atoms with Gasteiger partial charge in [-0.15, -0.1) is 11.3 Å². The van der Waals surface area contributed by atoms with E-state index in [0.717, 1.165) is 11.3 Å². The van der Waals surface area contributed by atoms with Crippen LogP contribution in [0.5, 0.6) is 0 Å². The lowest BCUT2D eigenvalue weighted by molar-refractivity contribution is 0.00912. The van der Waals surface area contributed by atoms with Crippen molar-refractivity contribution in [2.24, 2.45) is 0 Å². The maximum absolute atomic E-state index is 11.9. The molecular formula is C11H13N3O4S. The fourth-order valence-electron chi connectivity index (χ4n) is 1.58. The van der Waals surface area contributed by atoms with Crippen LogP contribution in [0, 0.1) is 6.92 Å². The summed E-state index contributed by atoms with van der Waals surface area (Å²) in [5, 5.41) is 0.439. The largest absolute Gasteiger partial charge is 0.382 e. The number of carbonyl (C=O) groups excluding carboxylic acids is 1. The van der Waals surface area contributed by atoms with Crippen LogP contribution in [0.3, 0.4) is 0 Å². The van der Waals surface area contributed by atoms with E-state index in [1.807, 2.05) is 0 Å². The van der Waals surface area contributed by atoms with Crippen LogP contribution in [0.2, 0.25) is 0 Å². The van der Waals surface area contributed by atoms with Gasteiger partial charge >= 0.3 is 0 Å². The number of methoxy groups -OCH3 is 1. The fourth-order valence-corrected chi connectivity index (χ4v) is 2.62. The van der Waals surface area contributed by atoms with E-state index in [-0.39, 0.29) is 12.2 Å². The van der Waals surface area contributed by atoms with E-state index in [4.69, 9.17) is 9.57 Å². The van der Waals surface area contributed by atoms with Gasteiger partial charge in [0.2, 0.25) is 0 Å². The molecule has 0 spiro atoms. The Hall–Kier alpha value is -1.77. The second-order valence-corrected chi connectivity index (χ2v) is 4.74. The number of carbonyl (C=O) groups is 1. The second kappa shape index (κ2) is 5.91. The van der Waals surface area contributed by atoms with Gasteiger partial charge in [0.15, 0.2) is 0 Å². The zero-order chi connectivity index (χ0) is 13.8. The molecule has 2 rings (SSSR count). The maximum Gasteiger partial charge on any atom is 0.285 e. The number of thiophene rings is 1. The molecule has 2 N–H and O–H groups in total. The van der Waals surface area contributed by atoms with Crippen molar-refractivity contribution in [2.75, 3.05) is 20.3 Å². The predicted molar refractivity (Wildman–Crippen MR) is 70.3 cm³/mol. The predicted octanol–water partition coefficient (Wildman–Crippen LogP) is 0.601. The van der Waals surface area contributed by atoms with Crippen LogP contribution in [0.25, 0.3) is 10.2 Å². The van der Waals surface area contributed by atoms with Crippen LogP contribution in [0.15, 0.2) is 11.1 Å². The van der Waals surface area contributed by atoms with Gasteiger partial charge in [-0.3, -0.25) is 14.4 Å². The molecule has 0 unspecified atom stereocenters. The van der Waals surface area contributed by atoms with E-state index >= 15 is 0 Å². The van der Waals surface area contributed by atoms with Gasteiger partial charge in [0.1, 0.15) is 4.83 Å². The van der Waals surface area contributed by atoms with Gasteiger partial charge in [0, 0.05) is 7.11 Å². The summed E-state index contributed by atoms with van der Waals surface area (Å²) in [5.74, 6) is -0.393. The van der Waals surface area contributed by atoms with Gasteiger partial charge in [-0.05, 0) is 12.5 Å². The van der Waals surface area contributed by atoms with Gasteiger partial charge in [-0.2, -0.15) is 0 Å². The standard InChI is InChI=1S/C11H13N3O4S/c1-6-7-9(15)12-5-13-11(7)19-8(6)10(16)14-18-4-3-17-2/h5H,3-4H2,1-2H3,(H,14,16)(H,12,13,15). The molecule has 0 aromatic carbocycles. The number of hydrogen-bond acceptors (Lipinski definition) is 6. The van der Waals surface area contributed by atoms with Gasteiger partial charge in [0.05, 0.1) is 29.8 Å². The molecular weight excluding hydrogens is 270 g/mol. The van der Waals surface area contributed by atoms with Crippen LogP contribution < -0.4 is 11.0 Å². The third-order valence-corrected chi connectivity index (χ3v) is 3.69. The van der Waals surface area contributed by atoms with E-state index in [1.165, 1.54) is 6.33 Å². The lowest BCUT2D eigenvalue weighted by Gasteiger charge is -2.04. The number of aromatic nitrogens is 2. The number of nitrogens with zero attached hydrogens (tertiary/aromatic N) is 1. The number of rotatable bonds is 5. The highest BCUT2D eigenvalue weighted by atomic mass is 32.1. The first-order valence-corrected chi connectivity index (χ1v) is 6.34. The molecule has 0 saturated carbocycles. The summed E-state index contributed by atoms with van der Waals surface area (Å²) >= 11 is 1.16. The summed E-state index contributed by atoms with van der Waals surface area (Å²) in [5.41, 5.74) is 2.65. The van der Waals surface area contributed by atoms with E-state index in [2.05, 4.69) is 15.4 Å². The van der Waals surface area contributed by atoms with E-state index < -0.39 is 5.91 Å². The minimum Gasteiger partial charge on any atom is -0.382 e. The van der Waals surface area contributed by atoms with Crippen molar-refractivity contribution < 1.29 is 14.4 Å². The Kier molecular flexibility index (Phi) is 4.25. The Labute approximate surface area is 112 Å². The first kappa shape index (κ1) is 13.7. The van der Waals surface area contributed by atoms with Crippen molar-refractivity contribution in [1.82, 2.24) is 15.4 Å². The van der Waals surface area contributed by atoms with E-state index in [9.17, 15) is 9.59 Å². The van der Waals surface area contributed by atoms with Crippen LogP contribution in [-0.4, -0.2) is 36.2 Å². The van der Waals surface area contributed by atoms with Gasteiger partial charge < -0.3 is 9.72 Å². The SMILES string of the molecule is COCCONC(=O)c1sc2nc[nH]c(=O)c2c1C. The molecule has 8 heteroatoms. The summed E-state index contributed by atoms with van der Waals surface area (Å²) in [7, 11) is 1.54. The van der Waals surface area contributed by atoms with Crippen molar-refractivity contribution in [3.63, 3.8) is 0 Å². The molecule has 1 amide bonds. The summed E-state index contributed by atoms with van der Waals surface area (Å²) in [6.45, 7) is 2.34. The van der Waals surface area contributed by atoms with Crippen LogP contribution in [0.1, 0.15) is 15.2 Å². The average molecular weight is 283 g/mol. The zero-order valence-corrected chi connectivity index (χ0v) is 11.3.